The van der Waals surface area contributed by atoms with Crippen molar-refractivity contribution in [1.29, 1.82) is 0 Å². The van der Waals surface area contributed by atoms with Crippen LogP contribution in [0, 0.1) is 0 Å². The summed E-state index contributed by atoms with van der Waals surface area (Å²) >= 11 is 0. The van der Waals surface area contributed by atoms with Crippen molar-refractivity contribution in [2.24, 2.45) is 0 Å². The van der Waals surface area contributed by atoms with Crippen molar-refractivity contribution in [1.82, 2.24) is 0 Å². The van der Waals surface area contributed by atoms with Gasteiger partial charge in [0.2, 0.25) is 0 Å². The minimum absolute atomic E-state index is 1.19. The molecule has 0 saturated carbocycles. The number of aryl methyl sites for hydroxylation is 1. The molecule has 0 amide bonds. The molecule has 0 unspecified atom stereocenters. The number of hydrogen-bond acceptors (Lipinski definition) is 0. The Morgan fingerprint density at radius 2 is 0.939 bits per heavy atom. The van der Waals surface area contributed by atoms with Crippen molar-refractivity contribution in [2.45, 2.75) is 45.4 Å². The highest BCUT2D eigenvalue weighted by molar-refractivity contribution is 6.24. The second-order valence-corrected chi connectivity index (χ2v) is 9.49. The van der Waals surface area contributed by atoms with Gasteiger partial charge in [0.05, 0.1) is 0 Å². The second kappa shape index (κ2) is 8.52. The Hall–Kier alpha value is -3.38. The standard InChI is InChI=1S/C33H30/c1-2-3-4-5-6-9-23-12-15-27-25(22-23)14-17-31-29(27)19-21-32-30-16-13-24-10-7-8-11-26(24)28(30)18-20-33(31)32/h7-8,10-22H,2-6,9H2,1H3. The van der Waals surface area contributed by atoms with Gasteiger partial charge in [0.1, 0.15) is 0 Å². The quantitative estimate of drug-likeness (QED) is 0.183. The lowest BCUT2D eigenvalue weighted by Crippen LogP contribution is -1.88. The molecule has 6 aromatic rings. The van der Waals surface area contributed by atoms with Crippen molar-refractivity contribution >= 4 is 53.9 Å². The first-order valence-corrected chi connectivity index (χ1v) is 12.5. The van der Waals surface area contributed by atoms with Crippen molar-refractivity contribution in [3.63, 3.8) is 0 Å². The van der Waals surface area contributed by atoms with Gasteiger partial charge in [-0.3, -0.25) is 0 Å². The molecule has 6 aromatic carbocycles. The zero-order valence-electron chi connectivity index (χ0n) is 19.4. The molecule has 0 aliphatic carbocycles. The molecular weight excluding hydrogens is 396 g/mol. The fourth-order valence-corrected chi connectivity index (χ4v) is 5.60. The number of unbranched alkanes of at least 4 members (excludes halogenated alkanes) is 4. The van der Waals surface area contributed by atoms with E-state index in [4.69, 9.17) is 0 Å². The maximum Gasteiger partial charge on any atom is -0.00987 e. The average molecular weight is 427 g/mol. The van der Waals surface area contributed by atoms with Gasteiger partial charge in [-0.25, -0.2) is 0 Å². The lowest BCUT2D eigenvalue weighted by atomic mass is 9.92. The molecule has 33 heavy (non-hydrogen) atoms. The molecule has 0 N–H and O–H groups in total. The fourth-order valence-electron chi connectivity index (χ4n) is 5.60. The molecule has 0 aromatic heterocycles. The summed E-state index contributed by atoms with van der Waals surface area (Å²) < 4.78 is 0. The van der Waals surface area contributed by atoms with Crippen LogP contribution in [0.5, 0.6) is 0 Å². The molecule has 0 bridgehead atoms. The van der Waals surface area contributed by atoms with Gasteiger partial charge >= 0.3 is 0 Å². The number of benzene rings is 6. The minimum Gasteiger partial charge on any atom is -0.0654 e. The van der Waals surface area contributed by atoms with Crippen LogP contribution in [-0.4, -0.2) is 0 Å². The second-order valence-electron chi connectivity index (χ2n) is 9.49. The van der Waals surface area contributed by atoms with Gasteiger partial charge in [0, 0.05) is 0 Å². The van der Waals surface area contributed by atoms with Crippen LogP contribution in [0.2, 0.25) is 0 Å². The van der Waals surface area contributed by atoms with Gasteiger partial charge in [-0.05, 0) is 72.3 Å². The van der Waals surface area contributed by atoms with Crippen molar-refractivity contribution in [3.8, 4) is 0 Å². The topological polar surface area (TPSA) is 0 Å². The Labute approximate surface area is 195 Å². The van der Waals surface area contributed by atoms with Crippen LogP contribution in [0.4, 0.5) is 0 Å². The molecule has 0 radical (unpaired) electrons. The van der Waals surface area contributed by atoms with Crippen LogP contribution < -0.4 is 0 Å². The Bertz CT molecular complexity index is 1620. The van der Waals surface area contributed by atoms with Gasteiger partial charge in [0.25, 0.3) is 0 Å². The molecule has 0 aliphatic rings. The maximum atomic E-state index is 2.41. The number of fused-ring (bicyclic) bond motifs is 9. The summed E-state index contributed by atoms with van der Waals surface area (Å²) in [6.07, 6.45) is 7.87. The largest absolute Gasteiger partial charge is 0.0654 e. The van der Waals surface area contributed by atoms with Crippen LogP contribution in [0.25, 0.3) is 53.9 Å². The summed E-state index contributed by atoms with van der Waals surface area (Å²) in [6.45, 7) is 2.28. The van der Waals surface area contributed by atoms with Crippen LogP contribution in [0.3, 0.4) is 0 Å². The van der Waals surface area contributed by atoms with E-state index in [1.54, 1.807) is 0 Å². The number of hydrogen-bond donors (Lipinski definition) is 0. The van der Waals surface area contributed by atoms with Crippen molar-refractivity contribution in [2.75, 3.05) is 0 Å². The van der Waals surface area contributed by atoms with Gasteiger partial charge in [-0.1, -0.05) is 124 Å². The zero-order valence-corrected chi connectivity index (χ0v) is 19.4. The highest BCUT2D eigenvalue weighted by Crippen LogP contribution is 2.37. The molecule has 0 spiro atoms. The van der Waals surface area contributed by atoms with Gasteiger partial charge in [-0.15, -0.1) is 0 Å². The third kappa shape index (κ3) is 3.55. The predicted molar refractivity (Wildman–Crippen MR) is 146 cm³/mol. The van der Waals surface area contributed by atoms with Crippen molar-refractivity contribution in [3.05, 3.63) is 96.6 Å². The summed E-state index contributed by atoms with van der Waals surface area (Å²) in [5, 5.41) is 13.4. The molecule has 0 fully saturated rings. The SMILES string of the molecule is CCCCCCCc1ccc2c(ccc3c2ccc2c4ccc5ccccc5c4ccc32)c1. The Balaban J connectivity index is 1.44. The molecule has 0 aliphatic heterocycles. The Morgan fingerprint density at radius 1 is 0.424 bits per heavy atom. The molecule has 0 nitrogen and oxygen atoms in total. The highest BCUT2D eigenvalue weighted by Gasteiger charge is 2.09. The first kappa shape index (κ1) is 20.2. The molecule has 0 heterocycles. The van der Waals surface area contributed by atoms with Crippen LogP contribution in [0.1, 0.15) is 44.6 Å². The fraction of sp³-hybridized carbons (Fsp3) is 0.212. The monoisotopic (exact) mass is 426 g/mol. The first-order valence-electron chi connectivity index (χ1n) is 12.5. The van der Waals surface area contributed by atoms with E-state index in [0.29, 0.717) is 0 Å². The lowest BCUT2D eigenvalue weighted by molar-refractivity contribution is 0.632. The van der Waals surface area contributed by atoms with E-state index in [2.05, 4.69) is 97.9 Å². The maximum absolute atomic E-state index is 2.41. The summed E-state index contributed by atoms with van der Waals surface area (Å²) in [5.74, 6) is 0. The summed E-state index contributed by atoms with van der Waals surface area (Å²) in [4.78, 5) is 0. The lowest BCUT2D eigenvalue weighted by Gasteiger charge is -2.12. The van der Waals surface area contributed by atoms with Crippen LogP contribution in [0.15, 0.2) is 91.0 Å². The van der Waals surface area contributed by atoms with E-state index in [0.717, 1.165) is 0 Å². The summed E-state index contributed by atoms with van der Waals surface area (Å²) in [6, 6.07) is 34.3. The van der Waals surface area contributed by atoms with E-state index in [1.807, 2.05) is 0 Å². The first-order chi connectivity index (χ1) is 16.3. The van der Waals surface area contributed by atoms with E-state index >= 15 is 0 Å². The van der Waals surface area contributed by atoms with E-state index in [9.17, 15) is 0 Å². The molecule has 0 heteroatoms. The minimum atomic E-state index is 1.19. The summed E-state index contributed by atoms with van der Waals surface area (Å²) in [5.41, 5.74) is 1.47. The molecule has 0 atom stereocenters. The number of rotatable bonds is 6. The van der Waals surface area contributed by atoms with Gasteiger partial charge in [0.15, 0.2) is 0 Å². The van der Waals surface area contributed by atoms with Crippen LogP contribution in [-0.2, 0) is 6.42 Å². The molecule has 162 valence electrons. The molecular formula is C33H30. The Kier molecular flexibility index (Phi) is 5.23. The highest BCUT2D eigenvalue weighted by atomic mass is 14.1. The Morgan fingerprint density at radius 3 is 1.64 bits per heavy atom. The normalized spacial score (nSPS) is 11.9. The predicted octanol–water partition coefficient (Wildman–Crippen LogP) is 9.97. The molecule has 0 saturated heterocycles. The van der Waals surface area contributed by atoms with Gasteiger partial charge < -0.3 is 0 Å². The zero-order chi connectivity index (χ0) is 22.2. The average Bonchev–Trinajstić information content (AvgIpc) is 2.87. The third-order valence-electron chi connectivity index (χ3n) is 7.37. The molecule has 6 rings (SSSR count). The smallest absolute Gasteiger partial charge is 0.00987 e. The third-order valence-corrected chi connectivity index (χ3v) is 7.37. The van der Waals surface area contributed by atoms with E-state index in [-0.39, 0.29) is 0 Å². The van der Waals surface area contributed by atoms with Crippen LogP contribution >= 0.6 is 0 Å². The van der Waals surface area contributed by atoms with E-state index < -0.39 is 0 Å². The summed E-state index contributed by atoms with van der Waals surface area (Å²) in [7, 11) is 0. The van der Waals surface area contributed by atoms with Gasteiger partial charge in [-0.2, -0.15) is 0 Å². The van der Waals surface area contributed by atoms with E-state index in [1.165, 1.54) is 98.0 Å². The van der Waals surface area contributed by atoms with Crippen molar-refractivity contribution < 1.29 is 0 Å².